The zero-order chi connectivity index (χ0) is 20.4. The van der Waals surface area contributed by atoms with Crippen molar-refractivity contribution < 1.29 is 18.9 Å². The number of nitrogens with one attached hydrogen (secondary N) is 2. The predicted molar refractivity (Wildman–Crippen MR) is 111 cm³/mol. The SMILES string of the molecule is CN=C(NCCc1c(OC)cc(OC)cc1OC)NCc1ccccc1OC. The molecule has 0 aliphatic carbocycles. The van der Waals surface area contributed by atoms with Crippen LogP contribution in [0, 0.1) is 0 Å². The second-order valence-corrected chi connectivity index (χ2v) is 5.92. The normalized spacial score (nSPS) is 11.0. The second kappa shape index (κ2) is 10.9. The van der Waals surface area contributed by atoms with Crippen molar-refractivity contribution in [1.29, 1.82) is 0 Å². The number of aliphatic imine (C=N–C) groups is 1. The molecule has 0 saturated carbocycles. The van der Waals surface area contributed by atoms with Crippen molar-refractivity contribution in [3.05, 3.63) is 47.5 Å². The van der Waals surface area contributed by atoms with Crippen molar-refractivity contribution in [2.45, 2.75) is 13.0 Å². The Morgan fingerprint density at radius 3 is 2.07 bits per heavy atom. The van der Waals surface area contributed by atoms with Crippen LogP contribution in [0.3, 0.4) is 0 Å². The minimum Gasteiger partial charge on any atom is -0.496 e. The Morgan fingerprint density at radius 2 is 1.50 bits per heavy atom. The van der Waals surface area contributed by atoms with E-state index in [1.165, 1.54) is 0 Å². The van der Waals surface area contributed by atoms with E-state index in [-0.39, 0.29) is 0 Å². The summed E-state index contributed by atoms with van der Waals surface area (Å²) in [5, 5.41) is 6.61. The summed E-state index contributed by atoms with van der Waals surface area (Å²) in [7, 11) is 8.30. The van der Waals surface area contributed by atoms with E-state index in [2.05, 4.69) is 15.6 Å². The molecular weight excluding hydrogens is 358 g/mol. The van der Waals surface area contributed by atoms with Crippen molar-refractivity contribution in [2.24, 2.45) is 4.99 Å². The fourth-order valence-electron chi connectivity index (χ4n) is 2.88. The maximum atomic E-state index is 5.50. The van der Waals surface area contributed by atoms with E-state index < -0.39 is 0 Å². The van der Waals surface area contributed by atoms with Gasteiger partial charge in [0.05, 0.1) is 28.4 Å². The largest absolute Gasteiger partial charge is 0.496 e. The van der Waals surface area contributed by atoms with E-state index in [0.717, 1.165) is 28.4 Å². The molecule has 0 amide bonds. The lowest BCUT2D eigenvalue weighted by Gasteiger charge is -2.17. The van der Waals surface area contributed by atoms with Crippen molar-refractivity contribution in [3.63, 3.8) is 0 Å². The van der Waals surface area contributed by atoms with E-state index in [4.69, 9.17) is 18.9 Å². The number of benzene rings is 2. The van der Waals surface area contributed by atoms with Gasteiger partial charge in [0.25, 0.3) is 0 Å². The van der Waals surface area contributed by atoms with Crippen LogP contribution in [-0.4, -0.2) is 48.0 Å². The van der Waals surface area contributed by atoms with Crippen LogP contribution in [-0.2, 0) is 13.0 Å². The number of rotatable bonds is 9. The quantitative estimate of drug-likeness (QED) is 0.509. The Kier molecular flexibility index (Phi) is 8.27. The summed E-state index contributed by atoms with van der Waals surface area (Å²) in [6, 6.07) is 11.6. The van der Waals surface area contributed by atoms with Crippen LogP contribution in [0.2, 0.25) is 0 Å². The first-order valence-electron chi connectivity index (χ1n) is 9.02. The van der Waals surface area contributed by atoms with Crippen molar-refractivity contribution in [2.75, 3.05) is 42.0 Å². The number of hydrogen-bond acceptors (Lipinski definition) is 5. The molecule has 2 rings (SSSR count). The minimum atomic E-state index is 0.610. The molecule has 28 heavy (non-hydrogen) atoms. The fourth-order valence-corrected chi connectivity index (χ4v) is 2.88. The van der Waals surface area contributed by atoms with Crippen LogP contribution in [0.25, 0.3) is 0 Å². The van der Waals surface area contributed by atoms with Crippen molar-refractivity contribution in [3.8, 4) is 23.0 Å². The Bertz CT molecular complexity index is 768. The number of methoxy groups -OCH3 is 4. The van der Waals surface area contributed by atoms with Crippen molar-refractivity contribution in [1.82, 2.24) is 10.6 Å². The first-order chi connectivity index (χ1) is 13.7. The molecule has 0 fully saturated rings. The van der Waals surface area contributed by atoms with Crippen LogP contribution >= 0.6 is 0 Å². The van der Waals surface area contributed by atoms with Gasteiger partial charge < -0.3 is 29.6 Å². The zero-order valence-electron chi connectivity index (χ0n) is 17.2. The third kappa shape index (κ3) is 5.45. The topological polar surface area (TPSA) is 73.3 Å². The van der Waals surface area contributed by atoms with E-state index in [1.54, 1.807) is 35.5 Å². The molecule has 0 bridgehead atoms. The predicted octanol–water partition coefficient (Wildman–Crippen LogP) is 2.63. The summed E-state index contributed by atoms with van der Waals surface area (Å²) >= 11 is 0. The first kappa shape index (κ1) is 21.2. The number of ether oxygens (including phenoxy) is 4. The smallest absolute Gasteiger partial charge is 0.191 e. The van der Waals surface area contributed by atoms with Crippen LogP contribution < -0.4 is 29.6 Å². The molecule has 0 atom stereocenters. The van der Waals surface area contributed by atoms with Crippen LogP contribution in [0.15, 0.2) is 41.4 Å². The lowest BCUT2D eigenvalue weighted by Crippen LogP contribution is -2.38. The van der Waals surface area contributed by atoms with Crippen LogP contribution in [0.5, 0.6) is 23.0 Å². The highest BCUT2D eigenvalue weighted by molar-refractivity contribution is 5.79. The van der Waals surface area contributed by atoms with Gasteiger partial charge in [-0.2, -0.15) is 0 Å². The summed E-state index contributed by atoms with van der Waals surface area (Å²) in [6.07, 6.45) is 0.700. The van der Waals surface area contributed by atoms with Gasteiger partial charge in [-0.1, -0.05) is 18.2 Å². The number of para-hydroxylation sites is 1. The first-order valence-corrected chi connectivity index (χ1v) is 9.02. The van der Waals surface area contributed by atoms with E-state index in [1.807, 2.05) is 36.4 Å². The average molecular weight is 387 g/mol. The Labute approximate surface area is 166 Å². The van der Waals surface area contributed by atoms with Gasteiger partial charge in [0.15, 0.2) is 5.96 Å². The summed E-state index contributed by atoms with van der Waals surface area (Å²) < 4.78 is 21.7. The van der Waals surface area contributed by atoms with Gasteiger partial charge in [-0.05, 0) is 12.5 Å². The maximum Gasteiger partial charge on any atom is 0.191 e. The van der Waals surface area contributed by atoms with Crippen LogP contribution in [0.4, 0.5) is 0 Å². The van der Waals surface area contributed by atoms with Gasteiger partial charge in [0.2, 0.25) is 0 Å². The molecule has 2 aromatic rings. The number of guanidine groups is 1. The third-order valence-corrected chi connectivity index (χ3v) is 4.35. The van der Waals surface area contributed by atoms with Crippen molar-refractivity contribution >= 4 is 5.96 Å². The fraction of sp³-hybridized carbons (Fsp3) is 0.381. The summed E-state index contributed by atoms with van der Waals surface area (Å²) in [6.45, 7) is 1.27. The third-order valence-electron chi connectivity index (χ3n) is 4.35. The Morgan fingerprint density at radius 1 is 0.857 bits per heavy atom. The second-order valence-electron chi connectivity index (χ2n) is 5.92. The molecule has 0 saturated heterocycles. The molecule has 152 valence electrons. The van der Waals surface area contributed by atoms with Gasteiger partial charge in [-0.3, -0.25) is 4.99 Å². The molecular formula is C21H29N3O4. The number of nitrogens with zero attached hydrogens (tertiary/aromatic N) is 1. The highest BCUT2D eigenvalue weighted by Gasteiger charge is 2.13. The van der Waals surface area contributed by atoms with Crippen LogP contribution in [0.1, 0.15) is 11.1 Å². The Balaban J connectivity index is 1.97. The zero-order valence-corrected chi connectivity index (χ0v) is 17.2. The molecule has 0 aliphatic rings. The molecule has 0 spiro atoms. The molecule has 0 unspecified atom stereocenters. The molecule has 7 nitrogen and oxygen atoms in total. The molecule has 2 N–H and O–H groups in total. The highest BCUT2D eigenvalue weighted by Crippen LogP contribution is 2.34. The molecule has 0 aromatic heterocycles. The Hall–Kier alpha value is -3.09. The molecule has 0 radical (unpaired) electrons. The van der Waals surface area contributed by atoms with Gasteiger partial charge >= 0.3 is 0 Å². The van der Waals surface area contributed by atoms with Gasteiger partial charge in [-0.25, -0.2) is 0 Å². The van der Waals surface area contributed by atoms with E-state index >= 15 is 0 Å². The summed E-state index contributed by atoms with van der Waals surface area (Å²) in [4.78, 5) is 4.27. The molecule has 7 heteroatoms. The lowest BCUT2D eigenvalue weighted by atomic mass is 10.1. The minimum absolute atomic E-state index is 0.610. The maximum absolute atomic E-state index is 5.50. The van der Waals surface area contributed by atoms with Gasteiger partial charge in [0, 0.05) is 43.4 Å². The monoisotopic (exact) mass is 387 g/mol. The molecule has 0 heterocycles. The molecule has 0 aliphatic heterocycles. The van der Waals surface area contributed by atoms with Gasteiger partial charge in [0.1, 0.15) is 23.0 Å². The summed E-state index contributed by atoms with van der Waals surface area (Å²) in [5.74, 6) is 3.71. The number of hydrogen-bond donors (Lipinski definition) is 2. The average Bonchev–Trinajstić information content (AvgIpc) is 2.75. The van der Waals surface area contributed by atoms with E-state index in [9.17, 15) is 0 Å². The standard InChI is InChI=1S/C21H29N3O4/c1-22-21(24-14-15-8-6-7-9-18(15)26-3)23-11-10-17-19(27-4)12-16(25-2)13-20(17)28-5/h6-9,12-13H,10-11,14H2,1-5H3,(H2,22,23,24). The summed E-state index contributed by atoms with van der Waals surface area (Å²) in [5.41, 5.74) is 2.03. The highest BCUT2D eigenvalue weighted by atomic mass is 16.5. The van der Waals surface area contributed by atoms with E-state index in [0.29, 0.717) is 31.2 Å². The van der Waals surface area contributed by atoms with Gasteiger partial charge in [-0.15, -0.1) is 0 Å². The lowest BCUT2D eigenvalue weighted by molar-refractivity contribution is 0.368. The molecule has 2 aromatic carbocycles.